The van der Waals surface area contributed by atoms with Crippen molar-refractivity contribution in [2.45, 2.75) is 58.7 Å². The molecule has 0 saturated carbocycles. The predicted octanol–water partition coefficient (Wildman–Crippen LogP) is 2.00. The number of carboxylic acids is 1. The second kappa shape index (κ2) is 11.0. The lowest BCUT2D eigenvalue weighted by atomic mass is 9.97. The highest BCUT2D eigenvalue weighted by Gasteiger charge is 2.37. The van der Waals surface area contributed by atoms with Gasteiger partial charge in [-0.3, -0.25) is 9.59 Å². The Morgan fingerprint density at radius 3 is 1.97 bits per heavy atom. The fourth-order valence-electron chi connectivity index (χ4n) is 3.51. The summed E-state index contributed by atoms with van der Waals surface area (Å²) in [5.74, 6) is -1.91. The fraction of sp³-hybridized carbons (Fsp3) is 0.591. The zero-order chi connectivity index (χ0) is 22.3. The Balaban J connectivity index is 3.04. The average molecular weight is 406 g/mol. The van der Waals surface area contributed by atoms with Crippen molar-refractivity contribution in [3.63, 3.8) is 0 Å². The number of carbonyl (C=O) groups is 3. The van der Waals surface area contributed by atoms with E-state index >= 15 is 0 Å². The molecule has 7 heteroatoms. The standard InChI is InChI=1S/C22H35N3O4/c1-14(2)12-18(21(27)25(6)19(15(3)4)22(28)29)24(5)20(26)17(23)13-16-10-8-7-9-11-16/h7-11,14-15,17-19H,12-13,23H2,1-6H3,(H,28,29)/t17-,18-,19-/m0/s1. The Morgan fingerprint density at radius 2 is 1.52 bits per heavy atom. The van der Waals surface area contributed by atoms with Gasteiger partial charge >= 0.3 is 5.97 Å². The van der Waals surface area contributed by atoms with Crippen LogP contribution in [0.1, 0.15) is 39.7 Å². The van der Waals surface area contributed by atoms with Gasteiger partial charge in [0.05, 0.1) is 6.04 Å². The van der Waals surface area contributed by atoms with Gasteiger partial charge in [0, 0.05) is 14.1 Å². The fourth-order valence-corrected chi connectivity index (χ4v) is 3.51. The minimum Gasteiger partial charge on any atom is -0.480 e. The third-order valence-corrected chi connectivity index (χ3v) is 5.06. The Bertz CT molecular complexity index is 691. The molecule has 3 atom stereocenters. The summed E-state index contributed by atoms with van der Waals surface area (Å²) in [4.78, 5) is 40.4. The maximum Gasteiger partial charge on any atom is 0.326 e. The number of aliphatic carboxylic acids is 1. The number of nitrogens with zero attached hydrogens (tertiary/aromatic N) is 2. The van der Waals surface area contributed by atoms with Crippen LogP contribution in [0.2, 0.25) is 0 Å². The van der Waals surface area contributed by atoms with Crippen LogP contribution in [0.4, 0.5) is 0 Å². The van der Waals surface area contributed by atoms with E-state index in [2.05, 4.69) is 0 Å². The molecule has 0 aliphatic heterocycles. The zero-order valence-corrected chi connectivity index (χ0v) is 18.3. The molecule has 0 fully saturated rings. The van der Waals surface area contributed by atoms with Crippen LogP contribution >= 0.6 is 0 Å². The minimum atomic E-state index is -1.06. The van der Waals surface area contributed by atoms with E-state index in [-0.39, 0.29) is 23.7 Å². The monoisotopic (exact) mass is 405 g/mol. The molecule has 7 nitrogen and oxygen atoms in total. The first-order valence-electron chi connectivity index (χ1n) is 10.0. The Kier molecular flexibility index (Phi) is 9.30. The van der Waals surface area contributed by atoms with Gasteiger partial charge in [0.2, 0.25) is 11.8 Å². The number of amides is 2. The van der Waals surface area contributed by atoms with E-state index in [1.54, 1.807) is 20.9 Å². The number of likely N-dealkylation sites (N-methyl/N-ethyl adjacent to an activating group) is 2. The number of hydrogen-bond acceptors (Lipinski definition) is 4. The highest BCUT2D eigenvalue weighted by atomic mass is 16.4. The summed E-state index contributed by atoms with van der Waals surface area (Å²) < 4.78 is 0. The van der Waals surface area contributed by atoms with Crippen molar-refractivity contribution < 1.29 is 19.5 Å². The number of benzene rings is 1. The lowest BCUT2D eigenvalue weighted by Gasteiger charge is -2.36. The molecule has 1 aromatic rings. The highest BCUT2D eigenvalue weighted by molar-refractivity contribution is 5.91. The van der Waals surface area contributed by atoms with E-state index in [1.165, 1.54) is 16.8 Å². The molecular weight excluding hydrogens is 370 g/mol. The average Bonchev–Trinajstić information content (AvgIpc) is 2.64. The number of hydrogen-bond donors (Lipinski definition) is 2. The third kappa shape index (κ3) is 6.85. The minimum absolute atomic E-state index is 0.139. The van der Waals surface area contributed by atoms with Crippen LogP contribution in [0.15, 0.2) is 30.3 Å². The number of nitrogens with two attached hydrogens (primary N) is 1. The topological polar surface area (TPSA) is 104 Å². The van der Waals surface area contributed by atoms with Crippen molar-refractivity contribution in [2.24, 2.45) is 17.6 Å². The number of rotatable bonds is 10. The molecular formula is C22H35N3O4. The van der Waals surface area contributed by atoms with Crippen molar-refractivity contribution in [3.05, 3.63) is 35.9 Å². The van der Waals surface area contributed by atoms with E-state index in [0.717, 1.165) is 5.56 Å². The van der Waals surface area contributed by atoms with Gasteiger partial charge in [0.25, 0.3) is 0 Å². The van der Waals surface area contributed by atoms with E-state index in [1.807, 2.05) is 44.2 Å². The second-order valence-corrected chi connectivity index (χ2v) is 8.37. The van der Waals surface area contributed by atoms with Crippen molar-refractivity contribution in [1.29, 1.82) is 0 Å². The largest absolute Gasteiger partial charge is 0.480 e. The summed E-state index contributed by atoms with van der Waals surface area (Å²) in [6.07, 6.45) is 0.792. The summed E-state index contributed by atoms with van der Waals surface area (Å²) in [6, 6.07) is 6.95. The maximum atomic E-state index is 13.2. The molecule has 0 aromatic heterocycles. The first-order valence-corrected chi connectivity index (χ1v) is 10.0. The molecule has 0 aliphatic rings. The molecule has 0 heterocycles. The molecule has 1 rings (SSSR count). The van der Waals surface area contributed by atoms with Gasteiger partial charge in [-0.25, -0.2) is 4.79 Å². The maximum absolute atomic E-state index is 13.2. The predicted molar refractivity (Wildman–Crippen MR) is 113 cm³/mol. The van der Waals surface area contributed by atoms with Crippen LogP contribution in [0.25, 0.3) is 0 Å². The quantitative estimate of drug-likeness (QED) is 0.620. The lowest BCUT2D eigenvalue weighted by Crippen LogP contribution is -2.56. The zero-order valence-electron chi connectivity index (χ0n) is 18.3. The molecule has 29 heavy (non-hydrogen) atoms. The van der Waals surface area contributed by atoms with Gasteiger partial charge in [0.15, 0.2) is 0 Å². The molecule has 0 spiro atoms. The van der Waals surface area contributed by atoms with Crippen molar-refractivity contribution in [1.82, 2.24) is 9.80 Å². The van der Waals surface area contributed by atoms with E-state index < -0.39 is 24.1 Å². The summed E-state index contributed by atoms with van der Waals surface area (Å²) in [5.41, 5.74) is 7.08. The van der Waals surface area contributed by atoms with Gasteiger partial charge in [-0.15, -0.1) is 0 Å². The summed E-state index contributed by atoms with van der Waals surface area (Å²) in [6.45, 7) is 7.43. The van der Waals surface area contributed by atoms with E-state index in [9.17, 15) is 19.5 Å². The Labute approximate surface area is 173 Å². The summed E-state index contributed by atoms with van der Waals surface area (Å²) >= 11 is 0. The van der Waals surface area contributed by atoms with Gasteiger partial charge in [-0.2, -0.15) is 0 Å². The van der Waals surface area contributed by atoms with E-state index in [4.69, 9.17) is 5.73 Å². The smallest absolute Gasteiger partial charge is 0.326 e. The summed E-state index contributed by atoms with van der Waals surface area (Å²) in [5, 5.41) is 9.53. The van der Waals surface area contributed by atoms with E-state index in [0.29, 0.717) is 12.8 Å². The molecule has 3 N–H and O–H groups in total. The molecule has 0 saturated heterocycles. The molecule has 162 valence electrons. The van der Waals surface area contributed by atoms with Crippen LogP contribution < -0.4 is 5.73 Å². The molecule has 1 aromatic carbocycles. The van der Waals surface area contributed by atoms with Crippen LogP contribution in [-0.2, 0) is 20.8 Å². The van der Waals surface area contributed by atoms with Crippen molar-refractivity contribution >= 4 is 17.8 Å². The van der Waals surface area contributed by atoms with Gasteiger partial charge in [0.1, 0.15) is 12.1 Å². The van der Waals surface area contributed by atoms with Crippen LogP contribution in [0.5, 0.6) is 0 Å². The van der Waals surface area contributed by atoms with Crippen LogP contribution in [0, 0.1) is 11.8 Å². The molecule has 0 radical (unpaired) electrons. The Morgan fingerprint density at radius 1 is 0.966 bits per heavy atom. The van der Waals surface area contributed by atoms with Crippen molar-refractivity contribution in [3.8, 4) is 0 Å². The molecule has 0 aliphatic carbocycles. The Hall–Kier alpha value is -2.41. The molecule has 0 bridgehead atoms. The number of carbonyl (C=O) groups excluding carboxylic acids is 2. The van der Waals surface area contributed by atoms with Crippen LogP contribution in [0.3, 0.4) is 0 Å². The SMILES string of the molecule is CC(C)C[C@@H](C(=O)N(C)[C@H](C(=O)O)C(C)C)N(C)C(=O)[C@@H](N)Cc1ccccc1. The van der Waals surface area contributed by atoms with Crippen LogP contribution in [-0.4, -0.2) is 64.9 Å². The first-order chi connectivity index (χ1) is 13.5. The normalized spacial score (nSPS) is 14.4. The highest BCUT2D eigenvalue weighted by Crippen LogP contribution is 2.18. The third-order valence-electron chi connectivity index (χ3n) is 5.06. The van der Waals surface area contributed by atoms with Gasteiger partial charge < -0.3 is 20.6 Å². The first kappa shape index (κ1) is 24.6. The van der Waals surface area contributed by atoms with Gasteiger partial charge in [-0.1, -0.05) is 58.0 Å². The van der Waals surface area contributed by atoms with Crippen molar-refractivity contribution in [2.75, 3.05) is 14.1 Å². The number of carboxylic acid groups (broad SMARTS) is 1. The lowest BCUT2D eigenvalue weighted by molar-refractivity contribution is -0.155. The summed E-state index contributed by atoms with van der Waals surface area (Å²) in [7, 11) is 3.05. The van der Waals surface area contributed by atoms with Gasteiger partial charge in [-0.05, 0) is 30.2 Å². The molecule has 0 unspecified atom stereocenters. The second-order valence-electron chi connectivity index (χ2n) is 8.37. The molecule has 2 amide bonds.